The molecule has 1 rings (SSSR count). The van der Waals surface area contributed by atoms with E-state index in [0.29, 0.717) is 12.2 Å². The normalized spacial score (nSPS) is 9.80. The minimum Gasteiger partial charge on any atom is -0.300 e. The lowest BCUT2D eigenvalue weighted by molar-refractivity contribution is -0.116. The number of hydrogen-bond acceptors (Lipinski definition) is 3. The number of rotatable bonds is 2. The van der Waals surface area contributed by atoms with Crippen molar-refractivity contribution in [2.24, 2.45) is 7.05 Å². The van der Waals surface area contributed by atoms with E-state index in [1.807, 2.05) is 0 Å². The van der Waals surface area contributed by atoms with Gasteiger partial charge in [0.25, 0.3) is 0 Å². The first-order chi connectivity index (χ1) is 4.70. The molecule has 0 atom stereocenters. The second-order valence-electron chi connectivity index (χ2n) is 2.18. The summed E-state index contributed by atoms with van der Waals surface area (Å²) in [7, 11) is 1.77. The zero-order valence-corrected chi connectivity index (χ0v) is 6.03. The molecule has 10 heavy (non-hydrogen) atoms. The largest absolute Gasteiger partial charge is 0.300 e. The van der Waals surface area contributed by atoms with Crippen molar-refractivity contribution in [3.05, 3.63) is 12.2 Å². The van der Waals surface area contributed by atoms with Gasteiger partial charge in [0.05, 0.1) is 6.42 Å². The molecular weight excluding hydrogens is 130 g/mol. The molecule has 0 aliphatic carbocycles. The Labute approximate surface area is 58.9 Å². The van der Waals surface area contributed by atoms with Gasteiger partial charge in [0, 0.05) is 7.05 Å². The van der Waals surface area contributed by atoms with Crippen molar-refractivity contribution in [2.45, 2.75) is 13.3 Å². The van der Waals surface area contributed by atoms with Crippen LogP contribution in [0.15, 0.2) is 6.33 Å². The minimum atomic E-state index is 0.108. The lowest BCUT2D eigenvalue weighted by atomic mass is 10.3. The molecule has 0 radical (unpaired) electrons. The van der Waals surface area contributed by atoms with E-state index in [4.69, 9.17) is 0 Å². The lowest BCUT2D eigenvalue weighted by Crippen LogP contribution is -2.04. The molecule has 1 heterocycles. The molecule has 0 bridgehead atoms. The molecule has 0 aliphatic heterocycles. The number of Topliss-reactive ketones (excluding diaryl/α,β-unsaturated/α-hetero) is 1. The first-order valence-electron chi connectivity index (χ1n) is 3.02. The maximum atomic E-state index is 10.6. The monoisotopic (exact) mass is 139 g/mol. The van der Waals surface area contributed by atoms with Crippen molar-refractivity contribution < 1.29 is 4.79 Å². The second kappa shape index (κ2) is 2.60. The summed E-state index contributed by atoms with van der Waals surface area (Å²) in [6, 6.07) is 0. The van der Waals surface area contributed by atoms with Crippen LogP contribution in [0.3, 0.4) is 0 Å². The van der Waals surface area contributed by atoms with Crippen molar-refractivity contribution in [3.8, 4) is 0 Å². The van der Waals surface area contributed by atoms with E-state index in [2.05, 4.69) is 10.1 Å². The second-order valence-corrected chi connectivity index (χ2v) is 2.18. The molecule has 0 aromatic carbocycles. The molecule has 0 aliphatic rings. The molecule has 0 fully saturated rings. The number of nitrogens with zero attached hydrogens (tertiary/aromatic N) is 3. The van der Waals surface area contributed by atoms with Crippen molar-refractivity contribution in [2.75, 3.05) is 0 Å². The Hall–Kier alpha value is -1.19. The van der Waals surface area contributed by atoms with Gasteiger partial charge < -0.3 is 0 Å². The van der Waals surface area contributed by atoms with Gasteiger partial charge in [-0.3, -0.25) is 9.48 Å². The average molecular weight is 139 g/mol. The van der Waals surface area contributed by atoms with Crippen LogP contribution in [0.2, 0.25) is 0 Å². The van der Waals surface area contributed by atoms with Crippen molar-refractivity contribution in [3.63, 3.8) is 0 Å². The van der Waals surface area contributed by atoms with E-state index in [1.54, 1.807) is 11.7 Å². The standard InChI is InChI=1S/C6H9N3O/c1-5(10)3-6-7-4-8-9(6)2/h4H,3H2,1-2H3. The van der Waals surface area contributed by atoms with Crippen LogP contribution >= 0.6 is 0 Å². The SMILES string of the molecule is CC(=O)Cc1ncnn1C. The predicted molar refractivity (Wildman–Crippen MR) is 35.4 cm³/mol. The summed E-state index contributed by atoms with van der Waals surface area (Å²) in [4.78, 5) is 14.5. The van der Waals surface area contributed by atoms with E-state index in [-0.39, 0.29) is 5.78 Å². The van der Waals surface area contributed by atoms with Crippen LogP contribution in [-0.4, -0.2) is 20.5 Å². The van der Waals surface area contributed by atoms with Gasteiger partial charge in [-0.05, 0) is 6.92 Å². The summed E-state index contributed by atoms with van der Waals surface area (Å²) < 4.78 is 1.60. The highest BCUT2D eigenvalue weighted by Crippen LogP contribution is 1.91. The molecule has 0 amide bonds. The molecule has 54 valence electrons. The molecular formula is C6H9N3O. The zero-order valence-electron chi connectivity index (χ0n) is 6.03. The fourth-order valence-corrected chi connectivity index (χ4v) is 0.703. The first kappa shape index (κ1) is 6.92. The Bertz CT molecular complexity index is 241. The number of hydrogen-bond donors (Lipinski definition) is 0. The third kappa shape index (κ3) is 1.40. The van der Waals surface area contributed by atoms with Crippen molar-refractivity contribution in [1.82, 2.24) is 14.8 Å². The van der Waals surface area contributed by atoms with Crippen LogP contribution in [-0.2, 0) is 18.3 Å². The fourth-order valence-electron chi connectivity index (χ4n) is 0.703. The maximum Gasteiger partial charge on any atom is 0.138 e. The summed E-state index contributed by atoms with van der Waals surface area (Å²) in [5, 5.41) is 3.82. The van der Waals surface area contributed by atoms with Crippen LogP contribution in [0.5, 0.6) is 0 Å². The van der Waals surface area contributed by atoms with Crippen LogP contribution in [0.25, 0.3) is 0 Å². The molecule has 0 spiro atoms. The van der Waals surface area contributed by atoms with Gasteiger partial charge in [0.15, 0.2) is 0 Å². The van der Waals surface area contributed by atoms with Gasteiger partial charge in [-0.2, -0.15) is 5.10 Å². The molecule has 0 N–H and O–H groups in total. The van der Waals surface area contributed by atoms with Gasteiger partial charge in [0.1, 0.15) is 17.9 Å². The van der Waals surface area contributed by atoms with Gasteiger partial charge in [0.2, 0.25) is 0 Å². The number of carbonyl (C=O) groups excluding carboxylic acids is 1. The number of aryl methyl sites for hydroxylation is 1. The Morgan fingerprint density at radius 2 is 2.50 bits per heavy atom. The molecule has 1 aromatic rings. The Morgan fingerprint density at radius 1 is 1.80 bits per heavy atom. The summed E-state index contributed by atoms with van der Waals surface area (Å²) in [5.74, 6) is 0.823. The quantitative estimate of drug-likeness (QED) is 0.577. The Balaban J connectivity index is 2.74. The van der Waals surface area contributed by atoms with Crippen molar-refractivity contribution in [1.29, 1.82) is 0 Å². The molecule has 1 aromatic heterocycles. The highest BCUT2D eigenvalue weighted by Gasteiger charge is 2.01. The molecule has 0 saturated carbocycles. The number of aromatic nitrogens is 3. The van der Waals surface area contributed by atoms with E-state index >= 15 is 0 Å². The van der Waals surface area contributed by atoms with Crippen LogP contribution in [0, 0.1) is 0 Å². The Morgan fingerprint density at radius 3 is 2.90 bits per heavy atom. The molecule has 4 heteroatoms. The zero-order chi connectivity index (χ0) is 7.56. The van der Waals surface area contributed by atoms with E-state index in [9.17, 15) is 4.79 Å². The maximum absolute atomic E-state index is 10.6. The lowest BCUT2D eigenvalue weighted by Gasteiger charge is -1.93. The van der Waals surface area contributed by atoms with Gasteiger partial charge in [-0.25, -0.2) is 4.98 Å². The molecule has 0 unspecified atom stereocenters. The van der Waals surface area contributed by atoms with Crippen molar-refractivity contribution >= 4 is 5.78 Å². The summed E-state index contributed by atoms with van der Waals surface area (Å²) in [6.07, 6.45) is 1.81. The van der Waals surface area contributed by atoms with E-state index in [0.717, 1.165) is 0 Å². The highest BCUT2D eigenvalue weighted by atomic mass is 16.1. The van der Waals surface area contributed by atoms with Crippen LogP contribution < -0.4 is 0 Å². The predicted octanol–water partition coefficient (Wildman–Crippen LogP) is -0.0534. The first-order valence-corrected chi connectivity index (χ1v) is 3.02. The van der Waals surface area contributed by atoms with Gasteiger partial charge in [-0.15, -0.1) is 0 Å². The van der Waals surface area contributed by atoms with Crippen LogP contribution in [0.4, 0.5) is 0 Å². The molecule has 4 nitrogen and oxygen atoms in total. The van der Waals surface area contributed by atoms with Crippen LogP contribution in [0.1, 0.15) is 12.7 Å². The number of ketones is 1. The smallest absolute Gasteiger partial charge is 0.138 e. The van der Waals surface area contributed by atoms with E-state index in [1.165, 1.54) is 13.3 Å². The highest BCUT2D eigenvalue weighted by molar-refractivity contribution is 5.77. The minimum absolute atomic E-state index is 0.108. The average Bonchev–Trinajstić information content (AvgIpc) is 2.15. The summed E-state index contributed by atoms with van der Waals surface area (Å²) >= 11 is 0. The Kier molecular flexibility index (Phi) is 1.80. The third-order valence-corrected chi connectivity index (χ3v) is 1.21. The fraction of sp³-hybridized carbons (Fsp3) is 0.500. The topological polar surface area (TPSA) is 47.8 Å². The van der Waals surface area contributed by atoms with E-state index < -0.39 is 0 Å². The molecule has 0 saturated heterocycles. The van der Waals surface area contributed by atoms with Gasteiger partial charge in [-0.1, -0.05) is 0 Å². The number of carbonyl (C=O) groups is 1. The van der Waals surface area contributed by atoms with Gasteiger partial charge >= 0.3 is 0 Å². The third-order valence-electron chi connectivity index (χ3n) is 1.21. The summed E-state index contributed by atoms with van der Waals surface area (Å²) in [6.45, 7) is 1.54. The summed E-state index contributed by atoms with van der Waals surface area (Å²) in [5.41, 5.74) is 0.